The summed E-state index contributed by atoms with van der Waals surface area (Å²) < 4.78 is 0. The van der Waals surface area contributed by atoms with E-state index in [1.807, 2.05) is 5.38 Å². The standard InChI is InChI=1S/C8H8N2O2S/c1-2-7(11)10-8(12)9-6-3-4-13-5-6/h2-5H,1H2,(H2,9,10,11,12). The van der Waals surface area contributed by atoms with Crippen LogP contribution >= 0.6 is 11.3 Å². The van der Waals surface area contributed by atoms with Gasteiger partial charge < -0.3 is 5.32 Å². The molecule has 2 N–H and O–H groups in total. The van der Waals surface area contributed by atoms with Gasteiger partial charge in [-0.2, -0.15) is 11.3 Å². The molecule has 1 aromatic heterocycles. The van der Waals surface area contributed by atoms with Crippen LogP contribution in [0.25, 0.3) is 0 Å². The van der Waals surface area contributed by atoms with Gasteiger partial charge in [0.25, 0.3) is 5.91 Å². The first kappa shape index (κ1) is 9.47. The molecule has 0 aliphatic rings. The summed E-state index contributed by atoms with van der Waals surface area (Å²) in [7, 11) is 0. The van der Waals surface area contributed by atoms with Crippen molar-refractivity contribution >= 4 is 29.0 Å². The van der Waals surface area contributed by atoms with Crippen molar-refractivity contribution < 1.29 is 9.59 Å². The van der Waals surface area contributed by atoms with Gasteiger partial charge in [0.2, 0.25) is 0 Å². The lowest BCUT2D eigenvalue weighted by molar-refractivity contribution is -0.115. The SMILES string of the molecule is C=CC(=O)NC(=O)Nc1ccsc1. The Kier molecular flexibility index (Phi) is 3.22. The summed E-state index contributed by atoms with van der Waals surface area (Å²) in [6, 6.07) is 1.19. The third-order valence-electron chi connectivity index (χ3n) is 1.20. The molecule has 0 aliphatic carbocycles. The van der Waals surface area contributed by atoms with E-state index < -0.39 is 11.9 Å². The number of nitrogens with one attached hydrogen (secondary N) is 2. The minimum absolute atomic E-state index is 0.521. The topological polar surface area (TPSA) is 58.2 Å². The zero-order valence-electron chi connectivity index (χ0n) is 6.74. The van der Waals surface area contributed by atoms with Crippen LogP contribution in [-0.4, -0.2) is 11.9 Å². The molecule has 13 heavy (non-hydrogen) atoms. The van der Waals surface area contributed by atoms with Crippen molar-refractivity contribution in [3.8, 4) is 0 Å². The molecule has 0 bridgehead atoms. The summed E-state index contributed by atoms with van der Waals surface area (Å²) >= 11 is 1.46. The molecule has 5 heteroatoms. The van der Waals surface area contributed by atoms with Gasteiger partial charge in [0, 0.05) is 5.38 Å². The fourth-order valence-corrected chi connectivity index (χ4v) is 1.25. The number of urea groups is 1. The number of amides is 3. The molecular weight excluding hydrogens is 188 g/mol. The molecule has 1 rings (SSSR count). The molecule has 1 heterocycles. The maximum atomic E-state index is 11.0. The number of carbonyl (C=O) groups excluding carboxylic acids is 2. The van der Waals surface area contributed by atoms with Crippen molar-refractivity contribution in [3.05, 3.63) is 29.5 Å². The Balaban J connectivity index is 2.42. The van der Waals surface area contributed by atoms with Crippen LogP contribution in [-0.2, 0) is 4.79 Å². The van der Waals surface area contributed by atoms with Crippen molar-refractivity contribution in [1.29, 1.82) is 0 Å². The number of thiophene rings is 1. The van der Waals surface area contributed by atoms with Crippen LogP contribution in [0.2, 0.25) is 0 Å². The van der Waals surface area contributed by atoms with Crippen molar-refractivity contribution in [1.82, 2.24) is 5.32 Å². The van der Waals surface area contributed by atoms with Gasteiger partial charge in [-0.3, -0.25) is 10.1 Å². The summed E-state index contributed by atoms with van der Waals surface area (Å²) in [6.07, 6.45) is 1.03. The van der Waals surface area contributed by atoms with Crippen molar-refractivity contribution in [2.45, 2.75) is 0 Å². The van der Waals surface area contributed by atoms with E-state index in [0.29, 0.717) is 5.69 Å². The van der Waals surface area contributed by atoms with E-state index in [1.165, 1.54) is 11.3 Å². The number of rotatable bonds is 2. The lowest BCUT2D eigenvalue weighted by atomic mass is 10.5. The van der Waals surface area contributed by atoms with Gasteiger partial charge in [-0.15, -0.1) is 0 Å². The fourth-order valence-electron chi connectivity index (χ4n) is 0.661. The average molecular weight is 196 g/mol. The van der Waals surface area contributed by atoms with E-state index in [4.69, 9.17) is 0 Å². The van der Waals surface area contributed by atoms with E-state index in [2.05, 4.69) is 17.2 Å². The maximum absolute atomic E-state index is 11.0. The van der Waals surface area contributed by atoms with Crippen LogP contribution in [0.3, 0.4) is 0 Å². The zero-order chi connectivity index (χ0) is 9.68. The largest absolute Gasteiger partial charge is 0.326 e. The van der Waals surface area contributed by atoms with E-state index >= 15 is 0 Å². The van der Waals surface area contributed by atoms with E-state index in [0.717, 1.165) is 6.08 Å². The van der Waals surface area contributed by atoms with Gasteiger partial charge in [0.05, 0.1) is 5.69 Å². The van der Waals surface area contributed by atoms with Crippen LogP contribution < -0.4 is 10.6 Å². The molecule has 4 nitrogen and oxygen atoms in total. The summed E-state index contributed by atoms with van der Waals surface area (Å²) in [5.41, 5.74) is 0.666. The second kappa shape index (κ2) is 4.42. The van der Waals surface area contributed by atoms with Gasteiger partial charge >= 0.3 is 6.03 Å². The minimum atomic E-state index is -0.552. The Hall–Kier alpha value is -1.62. The summed E-state index contributed by atoms with van der Waals surface area (Å²) in [4.78, 5) is 21.7. The van der Waals surface area contributed by atoms with Crippen molar-refractivity contribution in [2.24, 2.45) is 0 Å². The zero-order valence-corrected chi connectivity index (χ0v) is 7.56. The normalized spacial score (nSPS) is 8.92. The first-order valence-corrected chi connectivity index (χ1v) is 4.43. The molecule has 0 atom stereocenters. The second-order valence-corrected chi connectivity index (χ2v) is 2.94. The van der Waals surface area contributed by atoms with Gasteiger partial charge in [0.1, 0.15) is 0 Å². The molecule has 0 unspecified atom stereocenters. The monoisotopic (exact) mass is 196 g/mol. The summed E-state index contributed by atoms with van der Waals surface area (Å²) in [5.74, 6) is -0.521. The first-order valence-electron chi connectivity index (χ1n) is 3.49. The lowest BCUT2D eigenvalue weighted by Crippen LogP contribution is -2.32. The maximum Gasteiger partial charge on any atom is 0.326 e. The van der Waals surface area contributed by atoms with E-state index in [9.17, 15) is 9.59 Å². The highest BCUT2D eigenvalue weighted by Gasteiger charge is 2.03. The minimum Gasteiger partial charge on any atom is -0.307 e. The lowest BCUT2D eigenvalue weighted by Gasteiger charge is -2.01. The van der Waals surface area contributed by atoms with Gasteiger partial charge in [-0.1, -0.05) is 6.58 Å². The number of hydrogen-bond acceptors (Lipinski definition) is 3. The highest BCUT2D eigenvalue weighted by molar-refractivity contribution is 7.08. The van der Waals surface area contributed by atoms with Crippen LogP contribution in [0, 0.1) is 0 Å². The number of hydrogen-bond donors (Lipinski definition) is 2. The third kappa shape index (κ3) is 3.08. The molecule has 0 saturated carbocycles. The van der Waals surface area contributed by atoms with Crippen molar-refractivity contribution in [3.63, 3.8) is 0 Å². The van der Waals surface area contributed by atoms with Gasteiger partial charge in [-0.25, -0.2) is 4.79 Å². The Morgan fingerprint density at radius 1 is 1.54 bits per heavy atom. The fraction of sp³-hybridized carbons (Fsp3) is 0. The second-order valence-electron chi connectivity index (χ2n) is 2.16. The van der Waals surface area contributed by atoms with Crippen LogP contribution in [0.1, 0.15) is 0 Å². The van der Waals surface area contributed by atoms with Crippen molar-refractivity contribution in [2.75, 3.05) is 5.32 Å². The molecule has 0 aliphatic heterocycles. The van der Waals surface area contributed by atoms with Crippen LogP contribution in [0.5, 0.6) is 0 Å². The number of imide groups is 1. The molecular formula is C8H8N2O2S. The molecule has 68 valence electrons. The molecule has 1 aromatic rings. The van der Waals surface area contributed by atoms with Crippen LogP contribution in [0.4, 0.5) is 10.5 Å². The summed E-state index contributed by atoms with van der Waals surface area (Å²) in [5, 5.41) is 8.13. The van der Waals surface area contributed by atoms with E-state index in [1.54, 1.807) is 11.4 Å². The Morgan fingerprint density at radius 3 is 2.85 bits per heavy atom. The molecule has 0 spiro atoms. The highest BCUT2D eigenvalue weighted by Crippen LogP contribution is 2.10. The third-order valence-corrected chi connectivity index (χ3v) is 1.88. The smallest absolute Gasteiger partial charge is 0.307 e. The molecule has 0 saturated heterocycles. The van der Waals surface area contributed by atoms with Crippen LogP contribution in [0.15, 0.2) is 29.5 Å². The number of carbonyl (C=O) groups is 2. The molecule has 0 fully saturated rings. The summed E-state index contributed by atoms with van der Waals surface area (Å²) in [6.45, 7) is 3.22. The molecule has 0 radical (unpaired) electrons. The van der Waals surface area contributed by atoms with Gasteiger partial charge in [-0.05, 0) is 17.5 Å². The predicted octanol–water partition coefficient (Wildman–Crippen LogP) is 1.58. The highest BCUT2D eigenvalue weighted by atomic mass is 32.1. The Labute approximate surface area is 79.3 Å². The number of anilines is 1. The Bertz CT molecular complexity index is 319. The molecule has 0 aromatic carbocycles. The van der Waals surface area contributed by atoms with Gasteiger partial charge in [0.15, 0.2) is 0 Å². The predicted molar refractivity (Wildman–Crippen MR) is 51.7 cm³/mol. The average Bonchev–Trinajstić information content (AvgIpc) is 2.56. The quantitative estimate of drug-likeness (QED) is 0.705. The molecule has 3 amide bonds. The first-order chi connectivity index (χ1) is 6.22. The van der Waals surface area contributed by atoms with E-state index in [-0.39, 0.29) is 0 Å². The Morgan fingerprint density at radius 2 is 2.31 bits per heavy atom.